The first kappa shape index (κ1) is 13.6. The van der Waals surface area contributed by atoms with Crippen molar-refractivity contribution >= 4 is 28.7 Å². The normalized spacial score (nSPS) is 11.3. The highest BCUT2D eigenvalue weighted by Gasteiger charge is 2.08. The second kappa shape index (κ2) is 5.97. The van der Waals surface area contributed by atoms with Gasteiger partial charge in [0.15, 0.2) is 0 Å². The molecule has 4 nitrogen and oxygen atoms in total. The van der Waals surface area contributed by atoms with Crippen molar-refractivity contribution in [1.29, 1.82) is 0 Å². The smallest absolute Gasteiger partial charge is 0.143 e. The fourth-order valence-corrected chi connectivity index (χ4v) is 2.41. The van der Waals surface area contributed by atoms with Gasteiger partial charge in [-0.3, -0.25) is 4.98 Å². The third-order valence-electron chi connectivity index (χ3n) is 3.23. The molecule has 0 spiro atoms. The third-order valence-corrected chi connectivity index (χ3v) is 3.55. The van der Waals surface area contributed by atoms with Crippen LogP contribution in [0.25, 0.3) is 10.9 Å². The van der Waals surface area contributed by atoms with Crippen LogP contribution in [0, 0.1) is 6.92 Å². The number of nitrogens with one attached hydrogen (secondary N) is 1. The topological polar surface area (TPSA) is 50.3 Å². The molecule has 0 fully saturated rings. The Morgan fingerprint density at radius 2 is 2.24 bits per heavy atom. The maximum absolute atomic E-state index is 6.17. The maximum atomic E-state index is 6.17. The van der Waals surface area contributed by atoms with E-state index in [2.05, 4.69) is 15.1 Å². The third kappa shape index (κ3) is 2.90. The lowest BCUT2D eigenvalue weighted by Crippen LogP contribution is -1.89. The number of fused-ring (bicyclic) bond motifs is 1. The molecule has 0 bridgehead atoms. The molecule has 106 valence electrons. The molecule has 2 heterocycles. The lowest BCUT2D eigenvalue weighted by molar-refractivity contribution is 0.132. The average molecular weight is 300 g/mol. The first-order valence-corrected chi connectivity index (χ1v) is 6.94. The quantitative estimate of drug-likeness (QED) is 0.583. The first-order chi connectivity index (χ1) is 10.3. The Hall–Kier alpha value is -2.33. The molecular formula is C16H14ClN3O. The summed E-state index contributed by atoms with van der Waals surface area (Å²) in [6.07, 6.45) is 5.19. The van der Waals surface area contributed by atoms with Crippen molar-refractivity contribution in [1.82, 2.24) is 9.97 Å². The number of nitrogens with zero attached hydrogens (tertiary/aromatic N) is 2. The number of para-hydroxylation sites is 1. The highest BCUT2D eigenvalue weighted by Crippen LogP contribution is 2.26. The van der Waals surface area contributed by atoms with Gasteiger partial charge in [0, 0.05) is 34.6 Å². The summed E-state index contributed by atoms with van der Waals surface area (Å²) < 4.78 is 0. The molecule has 3 rings (SSSR count). The van der Waals surface area contributed by atoms with E-state index in [-0.39, 0.29) is 0 Å². The molecule has 0 amide bonds. The summed E-state index contributed by atoms with van der Waals surface area (Å²) in [4.78, 5) is 12.6. The fourth-order valence-electron chi connectivity index (χ4n) is 2.18. The maximum Gasteiger partial charge on any atom is 0.143 e. The van der Waals surface area contributed by atoms with Crippen LogP contribution in [0.3, 0.4) is 0 Å². The molecule has 2 aromatic heterocycles. The van der Waals surface area contributed by atoms with Crippen molar-refractivity contribution in [3.8, 4) is 0 Å². The molecule has 1 N–H and O–H groups in total. The van der Waals surface area contributed by atoms with Gasteiger partial charge in [0.05, 0.1) is 16.8 Å². The Kier molecular flexibility index (Phi) is 3.88. The number of oxime groups is 1. The first-order valence-electron chi connectivity index (χ1n) is 6.57. The Labute approximate surface area is 127 Å². The molecule has 0 aliphatic heterocycles. The van der Waals surface area contributed by atoms with E-state index in [1.165, 1.54) is 0 Å². The molecule has 1 aromatic carbocycles. The van der Waals surface area contributed by atoms with Crippen molar-refractivity contribution in [2.75, 3.05) is 0 Å². The van der Waals surface area contributed by atoms with Crippen LogP contribution in [0.2, 0.25) is 5.02 Å². The van der Waals surface area contributed by atoms with Crippen LogP contribution < -0.4 is 0 Å². The van der Waals surface area contributed by atoms with E-state index in [0.717, 1.165) is 27.7 Å². The summed E-state index contributed by atoms with van der Waals surface area (Å²) in [5.74, 6) is 0. The van der Waals surface area contributed by atoms with Gasteiger partial charge in [0.2, 0.25) is 0 Å². The molecule has 5 heteroatoms. The zero-order valence-corrected chi connectivity index (χ0v) is 12.3. The summed E-state index contributed by atoms with van der Waals surface area (Å²) in [6, 6.07) is 9.60. The van der Waals surface area contributed by atoms with Crippen LogP contribution in [-0.2, 0) is 11.4 Å². The van der Waals surface area contributed by atoms with Crippen LogP contribution in [0.1, 0.15) is 16.8 Å². The zero-order chi connectivity index (χ0) is 14.7. The zero-order valence-electron chi connectivity index (χ0n) is 11.5. The van der Waals surface area contributed by atoms with Gasteiger partial charge in [0.25, 0.3) is 0 Å². The molecule has 3 aromatic rings. The van der Waals surface area contributed by atoms with Gasteiger partial charge in [-0.25, -0.2) is 0 Å². The molecule has 0 aliphatic rings. The van der Waals surface area contributed by atoms with Gasteiger partial charge in [0.1, 0.15) is 6.61 Å². The van der Waals surface area contributed by atoms with E-state index >= 15 is 0 Å². The largest absolute Gasteiger partial charge is 0.391 e. The Bertz CT molecular complexity index is 781. The monoisotopic (exact) mass is 299 g/mol. The van der Waals surface area contributed by atoms with Gasteiger partial charge < -0.3 is 9.82 Å². The lowest BCUT2D eigenvalue weighted by atomic mass is 10.1. The molecule has 0 unspecified atom stereocenters. The van der Waals surface area contributed by atoms with Crippen LogP contribution in [0.5, 0.6) is 0 Å². The van der Waals surface area contributed by atoms with Gasteiger partial charge in [-0.1, -0.05) is 35.0 Å². The summed E-state index contributed by atoms with van der Waals surface area (Å²) in [7, 11) is 0. The van der Waals surface area contributed by atoms with E-state index in [1.807, 2.05) is 37.3 Å². The van der Waals surface area contributed by atoms with E-state index in [4.69, 9.17) is 16.4 Å². The number of hydrogen-bond donors (Lipinski definition) is 1. The van der Waals surface area contributed by atoms with E-state index in [0.29, 0.717) is 11.6 Å². The summed E-state index contributed by atoms with van der Waals surface area (Å²) in [6.45, 7) is 2.38. The molecule has 0 atom stereocenters. The predicted octanol–water partition coefficient (Wildman–Crippen LogP) is 4.08. The van der Waals surface area contributed by atoms with Gasteiger partial charge in [-0.05, 0) is 19.1 Å². The fraction of sp³-hybridized carbons (Fsp3) is 0.125. The van der Waals surface area contributed by atoms with E-state index in [1.54, 1.807) is 18.6 Å². The lowest BCUT2D eigenvalue weighted by Gasteiger charge is -1.98. The number of H-pyrrole nitrogens is 1. The molecule has 21 heavy (non-hydrogen) atoms. The predicted molar refractivity (Wildman–Crippen MR) is 84.7 cm³/mol. The highest BCUT2D eigenvalue weighted by atomic mass is 35.5. The van der Waals surface area contributed by atoms with Crippen molar-refractivity contribution in [3.63, 3.8) is 0 Å². The number of halogens is 1. The van der Waals surface area contributed by atoms with Crippen molar-refractivity contribution < 1.29 is 4.84 Å². The molecular weight excluding hydrogens is 286 g/mol. The molecule has 0 saturated heterocycles. The SMILES string of the molecule is Cc1[nH]c2c(Cl)cccc2c1/C=N/OCc1cccnc1. The van der Waals surface area contributed by atoms with Gasteiger partial charge in [-0.15, -0.1) is 0 Å². The standard InChI is InChI=1S/C16H14ClN3O/c1-11-14(13-5-2-6-15(17)16(13)20-11)9-19-21-10-12-4-3-7-18-8-12/h2-9,20H,10H2,1H3/b19-9+. The number of benzene rings is 1. The summed E-state index contributed by atoms with van der Waals surface area (Å²) in [5, 5.41) is 5.77. The Morgan fingerprint density at radius 3 is 3.05 bits per heavy atom. The Balaban J connectivity index is 1.77. The van der Waals surface area contributed by atoms with Crippen molar-refractivity contribution in [3.05, 3.63) is 64.6 Å². The van der Waals surface area contributed by atoms with Crippen LogP contribution >= 0.6 is 11.6 Å². The van der Waals surface area contributed by atoms with Gasteiger partial charge in [-0.2, -0.15) is 0 Å². The number of hydrogen-bond acceptors (Lipinski definition) is 3. The summed E-state index contributed by atoms with van der Waals surface area (Å²) in [5.41, 5.74) is 3.89. The average Bonchev–Trinajstić information content (AvgIpc) is 2.82. The van der Waals surface area contributed by atoms with E-state index < -0.39 is 0 Å². The molecule has 0 aliphatic carbocycles. The summed E-state index contributed by atoms with van der Waals surface area (Å²) >= 11 is 6.17. The second-order valence-electron chi connectivity index (χ2n) is 4.70. The van der Waals surface area contributed by atoms with Crippen molar-refractivity contribution in [2.45, 2.75) is 13.5 Å². The second-order valence-corrected chi connectivity index (χ2v) is 5.10. The van der Waals surface area contributed by atoms with Gasteiger partial charge >= 0.3 is 0 Å². The van der Waals surface area contributed by atoms with Crippen LogP contribution in [-0.4, -0.2) is 16.2 Å². The molecule has 0 radical (unpaired) electrons. The number of rotatable bonds is 4. The minimum Gasteiger partial charge on any atom is -0.391 e. The number of pyridine rings is 1. The van der Waals surface area contributed by atoms with Crippen molar-refractivity contribution in [2.24, 2.45) is 5.16 Å². The Morgan fingerprint density at radius 1 is 1.33 bits per heavy atom. The number of aromatic nitrogens is 2. The van der Waals surface area contributed by atoms with E-state index in [9.17, 15) is 0 Å². The minimum atomic E-state index is 0.395. The van der Waals surface area contributed by atoms with Crippen LogP contribution in [0.15, 0.2) is 47.9 Å². The number of aryl methyl sites for hydroxylation is 1. The minimum absolute atomic E-state index is 0.395. The number of aromatic amines is 1. The highest BCUT2D eigenvalue weighted by molar-refractivity contribution is 6.35. The molecule has 0 saturated carbocycles. The van der Waals surface area contributed by atoms with Crippen LogP contribution in [0.4, 0.5) is 0 Å².